The van der Waals surface area contributed by atoms with Gasteiger partial charge in [-0.15, -0.1) is 22.9 Å². The molecule has 0 radical (unpaired) electrons. The zero-order valence-corrected chi connectivity index (χ0v) is 17.3. The van der Waals surface area contributed by atoms with Gasteiger partial charge in [-0.2, -0.15) is 9.78 Å². The van der Waals surface area contributed by atoms with E-state index in [9.17, 15) is 14.4 Å². The summed E-state index contributed by atoms with van der Waals surface area (Å²) in [5.41, 5.74) is -0.0897. The highest BCUT2D eigenvalue weighted by atomic mass is 35.5. The van der Waals surface area contributed by atoms with Crippen LogP contribution in [0.3, 0.4) is 0 Å². The number of nitrogens with one attached hydrogen (secondary N) is 1. The molecule has 3 aromatic rings. The molecular weight excluding hydrogens is 418 g/mol. The van der Waals surface area contributed by atoms with Gasteiger partial charge in [0.25, 0.3) is 5.56 Å². The Bertz CT molecular complexity index is 1120. The number of rotatable bonds is 7. The van der Waals surface area contributed by atoms with Gasteiger partial charge in [0, 0.05) is 29.1 Å². The lowest BCUT2D eigenvalue weighted by molar-refractivity contribution is -0.115. The van der Waals surface area contributed by atoms with Crippen LogP contribution in [-0.4, -0.2) is 41.3 Å². The van der Waals surface area contributed by atoms with Crippen LogP contribution >= 0.6 is 22.9 Å². The molecule has 0 saturated carbocycles. The first-order chi connectivity index (χ1) is 14.0. The first-order valence-corrected chi connectivity index (χ1v) is 10.1. The zero-order chi connectivity index (χ0) is 21.0. The molecule has 2 aromatic heterocycles. The third kappa shape index (κ3) is 4.25. The Morgan fingerprint density at radius 1 is 1.34 bits per heavy atom. The van der Waals surface area contributed by atoms with Crippen molar-refractivity contribution in [3.8, 4) is 11.4 Å². The van der Waals surface area contributed by atoms with Crippen LogP contribution in [0.2, 0.25) is 0 Å². The molecule has 152 valence electrons. The van der Waals surface area contributed by atoms with E-state index in [-0.39, 0.29) is 35.9 Å². The number of nitrogens with zero attached hydrogens (tertiary/aromatic N) is 2. The Hall–Kier alpha value is -2.91. The molecule has 0 bridgehead atoms. The number of alkyl halides is 1. The van der Waals surface area contributed by atoms with Crippen LogP contribution in [-0.2, 0) is 9.53 Å². The molecule has 1 aromatic carbocycles. The molecule has 0 atom stereocenters. The highest BCUT2D eigenvalue weighted by Crippen LogP contribution is 2.31. The third-order valence-corrected chi connectivity index (χ3v) is 5.08. The van der Waals surface area contributed by atoms with E-state index in [1.807, 2.05) is 0 Å². The summed E-state index contributed by atoms with van der Waals surface area (Å²) < 4.78 is 11.4. The average molecular weight is 436 g/mol. The molecule has 10 heteroatoms. The summed E-state index contributed by atoms with van der Waals surface area (Å²) in [4.78, 5) is 37.7. The lowest BCUT2D eigenvalue weighted by Gasteiger charge is -2.10. The van der Waals surface area contributed by atoms with Crippen LogP contribution in [0, 0.1) is 0 Å². The van der Waals surface area contributed by atoms with Crippen LogP contribution in [0.1, 0.15) is 23.8 Å². The highest BCUT2D eigenvalue weighted by Gasteiger charge is 2.23. The number of hydrogen-bond acceptors (Lipinski definition) is 7. The predicted octanol–water partition coefficient (Wildman–Crippen LogP) is 3.20. The number of ether oxygens (including phenoxy) is 2. The first-order valence-electron chi connectivity index (χ1n) is 8.72. The number of aromatic nitrogens is 2. The van der Waals surface area contributed by atoms with Crippen molar-refractivity contribution in [2.24, 2.45) is 0 Å². The van der Waals surface area contributed by atoms with E-state index in [1.54, 1.807) is 36.6 Å². The fourth-order valence-corrected chi connectivity index (χ4v) is 3.81. The quantitative estimate of drug-likeness (QED) is 0.452. The van der Waals surface area contributed by atoms with Crippen molar-refractivity contribution >= 4 is 50.6 Å². The Balaban J connectivity index is 2.25. The largest absolute Gasteiger partial charge is 0.497 e. The summed E-state index contributed by atoms with van der Waals surface area (Å²) in [6.07, 6.45) is 0.0981. The van der Waals surface area contributed by atoms with Gasteiger partial charge < -0.3 is 14.8 Å². The lowest BCUT2D eigenvalue weighted by Crippen LogP contribution is -2.25. The van der Waals surface area contributed by atoms with Gasteiger partial charge in [-0.25, -0.2) is 4.79 Å². The lowest BCUT2D eigenvalue weighted by atomic mass is 10.2. The Kier molecular flexibility index (Phi) is 6.50. The van der Waals surface area contributed by atoms with Crippen molar-refractivity contribution in [3.63, 3.8) is 0 Å². The van der Waals surface area contributed by atoms with Gasteiger partial charge in [-0.3, -0.25) is 9.59 Å². The Morgan fingerprint density at radius 3 is 2.83 bits per heavy atom. The van der Waals surface area contributed by atoms with E-state index in [1.165, 1.54) is 7.11 Å². The number of carbonyl (C=O) groups excluding carboxylic acids is 2. The number of fused-ring (bicyclic) bond motifs is 1. The average Bonchev–Trinajstić information content (AvgIpc) is 3.12. The van der Waals surface area contributed by atoms with E-state index in [2.05, 4.69) is 10.4 Å². The first kappa shape index (κ1) is 20.8. The molecule has 1 N–H and O–H groups in total. The number of anilines is 1. The van der Waals surface area contributed by atoms with Crippen LogP contribution in [0.4, 0.5) is 5.00 Å². The molecule has 3 rings (SSSR count). The number of halogens is 1. The second kappa shape index (κ2) is 9.06. The Morgan fingerprint density at radius 2 is 2.14 bits per heavy atom. The van der Waals surface area contributed by atoms with E-state index in [0.29, 0.717) is 21.8 Å². The molecule has 0 aliphatic heterocycles. The van der Waals surface area contributed by atoms with Gasteiger partial charge in [0.15, 0.2) is 5.69 Å². The molecular formula is C19H18ClN3O5S. The molecule has 0 aliphatic carbocycles. The van der Waals surface area contributed by atoms with Crippen LogP contribution in [0.25, 0.3) is 16.5 Å². The van der Waals surface area contributed by atoms with Crippen LogP contribution < -0.4 is 15.6 Å². The number of methoxy groups -OCH3 is 1. The number of hydrogen-bond donors (Lipinski definition) is 1. The minimum Gasteiger partial charge on any atom is -0.497 e. The van der Waals surface area contributed by atoms with Gasteiger partial charge in [-0.05, 0) is 19.1 Å². The summed E-state index contributed by atoms with van der Waals surface area (Å²) >= 11 is 6.75. The molecule has 0 spiro atoms. The number of benzene rings is 1. The highest BCUT2D eigenvalue weighted by molar-refractivity contribution is 7.16. The minimum atomic E-state index is -0.661. The number of amides is 1. The van der Waals surface area contributed by atoms with Crippen molar-refractivity contribution in [1.29, 1.82) is 0 Å². The normalized spacial score (nSPS) is 10.7. The zero-order valence-electron chi connectivity index (χ0n) is 15.7. The molecule has 0 unspecified atom stereocenters. The maximum atomic E-state index is 13.2. The predicted molar refractivity (Wildman–Crippen MR) is 112 cm³/mol. The molecule has 29 heavy (non-hydrogen) atoms. The van der Waals surface area contributed by atoms with Gasteiger partial charge in [0.2, 0.25) is 5.91 Å². The van der Waals surface area contributed by atoms with E-state index in [0.717, 1.165) is 16.0 Å². The fraction of sp³-hybridized carbons (Fsp3) is 0.263. The number of esters is 1. The van der Waals surface area contributed by atoms with E-state index < -0.39 is 11.5 Å². The van der Waals surface area contributed by atoms with Crippen LogP contribution in [0.5, 0.6) is 5.75 Å². The molecule has 8 nitrogen and oxygen atoms in total. The van der Waals surface area contributed by atoms with Gasteiger partial charge in [0.1, 0.15) is 10.8 Å². The third-order valence-electron chi connectivity index (χ3n) is 3.99. The van der Waals surface area contributed by atoms with Gasteiger partial charge in [0.05, 0.1) is 24.8 Å². The SMILES string of the molecule is CCOC(=O)c1nn(-c2cccc(OC)c2)c(=O)c2c(NC(=O)CCCl)scc12. The Labute approximate surface area is 175 Å². The van der Waals surface area contributed by atoms with Crippen molar-refractivity contribution in [2.45, 2.75) is 13.3 Å². The van der Waals surface area contributed by atoms with Crippen LogP contribution in [0.15, 0.2) is 34.4 Å². The van der Waals surface area contributed by atoms with Gasteiger partial charge in [-0.1, -0.05) is 6.07 Å². The number of carbonyl (C=O) groups is 2. The molecule has 0 saturated heterocycles. The van der Waals surface area contributed by atoms with Crippen molar-refractivity contribution < 1.29 is 19.1 Å². The fourth-order valence-electron chi connectivity index (χ4n) is 2.68. The smallest absolute Gasteiger partial charge is 0.359 e. The summed E-state index contributed by atoms with van der Waals surface area (Å²) in [6.45, 7) is 1.84. The second-order valence-corrected chi connectivity index (χ2v) is 7.09. The van der Waals surface area contributed by atoms with E-state index in [4.69, 9.17) is 21.1 Å². The summed E-state index contributed by atoms with van der Waals surface area (Å²) in [5, 5.41) is 9.34. The topological polar surface area (TPSA) is 99.5 Å². The molecule has 0 aliphatic rings. The second-order valence-electron chi connectivity index (χ2n) is 5.83. The summed E-state index contributed by atoms with van der Waals surface area (Å²) in [5.74, 6) is -0.315. The standard InChI is InChI=1S/C19H18ClN3O5S/c1-3-28-19(26)16-13-10-29-17(21-14(24)7-8-20)15(13)18(25)23(22-16)11-5-4-6-12(9-11)27-2/h4-6,9-10H,3,7-8H2,1-2H3,(H,21,24). The molecule has 0 fully saturated rings. The van der Waals surface area contributed by atoms with E-state index >= 15 is 0 Å². The number of thiophene rings is 1. The van der Waals surface area contributed by atoms with Crippen molar-refractivity contribution in [2.75, 3.05) is 24.9 Å². The minimum absolute atomic E-state index is 0.0154. The maximum absolute atomic E-state index is 13.2. The maximum Gasteiger partial charge on any atom is 0.359 e. The van der Waals surface area contributed by atoms with Gasteiger partial charge >= 0.3 is 5.97 Å². The van der Waals surface area contributed by atoms with Crippen molar-refractivity contribution in [3.05, 3.63) is 45.7 Å². The monoisotopic (exact) mass is 435 g/mol. The molecule has 1 amide bonds. The van der Waals surface area contributed by atoms with Crippen molar-refractivity contribution in [1.82, 2.24) is 9.78 Å². The summed E-state index contributed by atoms with van der Waals surface area (Å²) in [6, 6.07) is 6.71. The molecule has 2 heterocycles. The summed E-state index contributed by atoms with van der Waals surface area (Å²) in [7, 11) is 1.51.